The first-order valence-corrected chi connectivity index (χ1v) is 7.06. The van der Waals surface area contributed by atoms with Crippen molar-refractivity contribution in [3.05, 3.63) is 47.7 Å². The first kappa shape index (κ1) is 14.6. The summed E-state index contributed by atoms with van der Waals surface area (Å²) >= 11 is 0. The minimum atomic E-state index is -0.822. The minimum absolute atomic E-state index is 0.103. The van der Waals surface area contributed by atoms with E-state index >= 15 is 0 Å². The third-order valence-electron chi connectivity index (χ3n) is 3.46. The zero-order valence-electron chi connectivity index (χ0n) is 12.3. The molecule has 0 aromatic heterocycles. The van der Waals surface area contributed by atoms with E-state index in [2.05, 4.69) is 10.6 Å². The van der Waals surface area contributed by atoms with E-state index in [9.17, 15) is 14.9 Å². The van der Waals surface area contributed by atoms with Crippen molar-refractivity contribution in [1.29, 1.82) is 5.26 Å². The Morgan fingerprint density at radius 1 is 1.17 bits per heavy atom. The Bertz CT molecular complexity index is 894. The topological polar surface area (TPSA) is 91.2 Å². The number of anilines is 2. The van der Waals surface area contributed by atoms with Crippen LogP contribution in [0.25, 0.3) is 10.8 Å². The van der Waals surface area contributed by atoms with Gasteiger partial charge in [-0.15, -0.1) is 0 Å². The molecule has 0 unspecified atom stereocenters. The van der Waals surface area contributed by atoms with Gasteiger partial charge in [-0.05, 0) is 29.8 Å². The Labute approximate surface area is 132 Å². The molecule has 6 nitrogen and oxygen atoms in total. The highest BCUT2D eigenvalue weighted by Crippen LogP contribution is 2.33. The smallest absolute Gasteiger partial charge is 0.351 e. The third kappa shape index (κ3) is 2.60. The van der Waals surface area contributed by atoms with Crippen molar-refractivity contribution in [1.82, 2.24) is 0 Å². The van der Waals surface area contributed by atoms with Crippen molar-refractivity contribution in [3.63, 3.8) is 0 Å². The predicted octanol–water partition coefficient (Wildman–Crippen LogP) is 2.54. The molecule has 0 atom stereocenters. The highest BCUT2D eigenvalue weighted by molar-refractivity contribution is 6.17. The molecule has 0 bridgehead atoms. The van der Waals surface area contributed by atoms with Crippen LogP contribution in [0.3, 0.4) is 0 Å². The number of amides is 1. The number of nitriles is 1. The SMILES string of the molecule is CCOC(=O)/C(C#N)=C1/Nc2cc3ccccc3cc2NC1=O. The van der Waals surface area contributed by atoms with Crippen molar-refractivity contribution in [2.75, 3.05) is 17.2 Å². The molecule has 2 aromatic carbocycles. The molecule has 2 aromatic rings. The lowest BCUT2D eigenvalue weighted by atomic mass is 10.1. The van der Waals surface area contributed by atoms with Crippen LogP contribution in [0, 0.1) is 11.3 Å². The second-order valence-electron chi connectivity index (χ2n) is 4.91. The first-order valence-electron chi connectivity index (χ1n) is 7.06. The fourth-order valence-corrected chi connectivity index (χ4v) is 2.41. The first-order chi connectivity index (χ1) is 11.1. The number of esters is 1. The van der Waals surface area contributed by atoms with Gasteiger partial charge in [-0.3, -0.25) is 4.79 Å². The fraction of sp³-hybridized carbons (Fsp3) is 0.118. The van der Waals surface area contributed by atoms with E-state index in [1.54, 1.807) is 13.0 Å². The number of ether oxygens (including phenoxy) is 1. The zero-order valence-corrected chi connectivity index (χ0v) is 12.3. The number of carbonyl (C=O) groups is 2. The normalized spacial score (nSPS) is 15.0. The van der Waals surface area contributed by atoms with E-state index in [0.29, 0.717) is 11.4 Å². The van der Waals surface area contributed by atoms with Gasteiger partial charge in [-0.1, -0.05) is 24.3 Å². The van der Waals surface area contributed by atoms with Crippen LogP contribution >= 0.6 is 0 Å². The Kier molecular flexibility index (Phi) is 3.69. The third-order valence-corrected chi connectivity index (χ3v) is 3.46. The Balaban J connectivity index is 2.09. The predicted molar refractivity (Wildman–Crippen MR) is 85.5 cm³/mol. The van der Waals surface area contributed by atoms with Gasteiger partial charge in [-0.2, -0.15) is 5.26 Å². The van der Waals surface area contributed by atoms with Gasteiger partial charge < -0.3 is 15.4 Å². The molecule has 1 aliphatic heterocycles. The summed E-state index contributed by atoms with van der Waals surface area (Å²) in [5.41, 5.74) is 0.769. The number of rotatable bonds is 2. The van der Waals surface area contributed by atoms with Gasteiger partial charge in [0.1, 0.15) is 11.8 Å². The molecular formula is C17H13N3O3. The van der Waals surface area contributed by atoms with E-state index in [-0.39, 0.29) is 17.9 Å². The summed E-state index contributed by atoms with van der Waals surface area (Å²) in [6.45, 7) is 1.76. The van der Waals surface area contributed by atoms with Crippen LogP contribution in [0.1, 0.15) is 6.92 Å². The number of carbonyl (C=O) groups excluding carboxylic acids is 2. The van der Waals surface area contributed by atoms with Crippen molar-refractivity contribution in [3.8, 4) is 6.07 Å². The van der Waals surface area contributed by atoms with Gasteiger partial charge in [-0.25, -0.2) is 4.79 Å². The van der Waals surface area contributed by atoms with E-state index < -0.39 is 11.9 Å². The number of nitrogens with zero attached hydrogens (tertiary/aromatic N) is 1. The molecule has 2 N–H and O–H groups in total. The summed E-state index contributed by atoms with van der Waals surface area (Å²) in [4.78, 5) is 24.0. The van der Waals surface area contributed by atoms with Gasteiger partial charge in [0, 0.05) is 0 Å². The van der Waals surface area contributed by atoms with Crippen molar-refractivity contribution in [2.45, 2.75) is 6.92 Å². The lowest BCUT2D eigenvalue weighted by Gasteiger charge is -2.22. The molecule has 3 rings (SSSR count). The molecule has 0 saturated carbocycles. The second kappa shape index (κ2) is 5.81. The quantitative estimate of drug-likeness (QED) is 0.505. The molecule has 0 radical (unpaired) electrons. The molecule has 0 saturated heterocycles. The lowest BCUT2D eigenvalue weighted by Crippen LogP contribution is -2.28. The average Bonchev–Trinajstić information content (AvgIpc) is 2.54. The highest BCUT2D eigenvalue weighted by Gasteiger charge is 2.27. The summed E-state index contributed by atoms with van der Waals surface area (Å²) < 4.78 is 4.82. The summed E-state index contributed by atoms with van der Waals surface area (Å²) in [5, 5.41) is 16.7. The van der Waals surface area contributed by atoms with E-state index in [1.807, 2.05) is 36.4 Å². The summed E-state index contributed by atoms with van der Waals surface area (Å²) in [6, 6.07) is 13.1. The Morgan fingerprint density at radius 3 is 2.35 bits per heavy atom. The van der Waals surface area contributed by atoms with Gasteiger partial charge in [0.15, 0.2) is 5.57 Å². The molecule has 0 spiro atoms. The van der Waals surface area contributed by atoms with Crippen molar-refractivity contribution in [2.24, 2.45) is 0 Å². The molecule has 114 valence electrons. The van der Waals surface area contributed by atoms with Gasteiger partial charge in [0.25, 0.3) is 5.91 Å². The monoisotopic (exact) mass is 307 g/mol. The van der Waals surface area contributed by atoms with Crippen LogP contribution in [0.4, 0.5) is 11.4 Å². The number of nitrogens with one attached hydrogen (secondary N) is 2. The summed E-state index contributed by atoms with van der Waals surface area (Å²) in [6.07, 6.45) is 0. The summed E-state index contributed by atoms with van der Waals surface area (Å²) in [5.74, 6) is -1.37. The van der Waals surface area contributed by atoms with Crippen LogP contribution in [-0.4, -0.2) is 18.5 Å². The second-order valence-corrected chi connectivity index (χ2v) is 4.91. The average molecular weight is 307 g/mol. The summed E-state index contributed by atoms with van der Waals surface area (Å²) in [7, 11) is 0. The number of fused-ring (bicyclic) bond motifs is 2. The zero-order chi connectivity index (χ0) is 16.4. The van der Waals surface area contributed by atoms with E-state index in [1.165, 1.54) is 0 Å². The van der Waals surface area contributed by atoms with Gasteiger partial charge >= 0.3 is 5.97 Å². The Hall–Kier alpha value is -3.33. The minimum Gasteiger partial charge on any atom is -0.462 e. The Morgan fingerprint density at radius 2 is 1.78 bits per heavy atom. The molecule has 6 heteroatoms. The maximum absolute atomic E-state index is 12.2. The standard InChI is InChI=1S/C17H13N3O3/c1-2-23-17(22)12(9-18)15-16(21)20-14-8-11-6-4-3-5-10(11)7-13(14)19-15/h3-8,19H,2H2,1H3,(H,20,21)/b15-12+. The van der Waals surface area contributed by atoms with Gasteiger partial charge in [0.2, 0.25) is 0 Å². The lowest BCUT2D eigenvalue weighted by molar-refractivity contribution is -0.138. The van der Waals surface area contributed by atoms with E-state index in [0.717, 1.165) is 10.8 Å². The van der Waals surface area contributed by atoms with Crippen LogP contribution in [0.2, 0.25) is 0 Å². The molecular weight excluding hydrogens is 294 g/mol. The number of hydrogen-bond donors (Lipinski definition) is 2. The van der Waals surface area contributed by atoms with Crippen LogP contribution < -0.4 is 10.6 Å². The molecule has 1 aliphatic rings. The van der Waals surface area contributed by atoms with Crippen molar-refractivity contribution >= 4 is 34.0 Å². The van der Waals surface area contributed by atoms with Crippen LogP contribution in [0.15, 0.2) is 47.7 Å². The maximum Gasteiger partial charge on any atom is 0.351 e. The molecule has 0 fully saturated rings. The molecule has 0 aliphatic carbocycles. The maximum atomic E-state index is 12.2. The van der Waals surface area contributed by atoms with Crippen LogP contribution in [0.5, 0.6) is 0 Å². The molecule has 1 amide bonds. The highest BCUT2D eigenvalue weighted by atomic mass is 16.5. The van der Waals surface area contributed by atoms with E-state index in [4.69, 9.17) is 4.74 Å². The largest absolute Gasteiger partial charge is 0.462 e. The fourth-order valence-electron chi connectivity index (χ4n) is 2.41. The van der Waals surface area contributed by atoms with Crippen molar-refractivity contribution < 1.29 is 14.3 Å². The molecule has 1 heterocycles. The molecule has 23 heavy (non-hydrogen) atoms. The number of benzene rings is 2. The van der Waals surface area contributed by atoms with Gasteiger partial charge in [0.05, 0.1) is 18.0 Å². The van der Waals surface area contributed by atoms with Crippen LogP contribution in [-0.2, 0) is 14.3 Å². The number of hydrogen-bond acceptors (Lipinski definition) is 5.